The van der Waals surface area contributed by atoms with Gasteiger partial charge < -0.3 is 9.47 Å². The summed E-state index contributed by atoms with van der Waals surface area (Å²) in [6.45, 7) is 13.2. The lowest BCUT2D eigenvalue weighted by Crippen LogP contribution is -1.95. The van der Waals surface area contributed by atoms with E-state index in [9.17, 15) is 0 Å². The molecule has 0 radical (unpaired) electrons. The zero-order valence-corrected chi connectivity index (χ0v) is 10.5. The number of ether oxygens (including phenoxy) is 2. The van der Waals surface area contributed by atoms with Gasteiger partial charge in [-0.15, -0.1) is 0 Å². The summed E-state index contributed by atoms with van der Waals surface area (Å²) in [4.78, 5) is 3.97. The third kappa shape index (κ3) is 2.56. The minimum Gasteiger partial charge on any atom is -0.497 e. The van der Waals surface area contributed by atoms with Crippen molar-refractivity contribution < 1.29 is 9.47 Å². The first-order valence-corrected chi connectivity index (χ1v) is 5.13. The molecule has 0 aliphatic carbocycles. The number of nitrogens with zero attached hydrogens (tertiary/aromatic N) is 1. The summed E-state index contributed by atoms with van der Waals surface area (Å²) in [5.41, 5.74) is 3.34. The lowest BCUT2D eigenvalue weighted by atomic mass is 10.0. The van der Waals surface area contributed by atoms with Crippen LogP contribution < -0.4 is 4.74 Å². The van der Waals surface area contributed by atoms with Crippen molar-refractivity contribution >= 4 is 23.7 Å². The Kier molecular flexibility index (Phi) is 4.10. The molecule has 3 heteroatoms. The van der Waals surface area contributed by atoms with E-state index in [1.54, 1.807) is 20.3 Å². The van der Waals surface area contributed by atoms with E-state index in [2.05, 4.69) is 24.9 Å². The van der Waals surface area contributed by atoms with Crippen LogP contribution in [0.1, 0.15) is 18.1 Å². The van der Waals surface area contributed by atoms with Crippen LogP contribution in [0.4, 0.5) is 5.69 Å². The van der Waals surface area contributed by atoms with E-state index in [1.807, 2.05) is 13.0 Å². The molecule has 1 aromatic rings. The van der Waals surface area contributed by atoms with E-state index < -0.39 is 0 Å². The summed E-state index contributed by atoms with van der Waals surface area (Å²) in [6, 6.07) is 3.70. The van der Waals surface area contributed by atoms with E-state index in [0.717, 1.165) is 22.4 Å². The van der Waals surface area contributed by atoms with Gasteiger partial charge in [-0.25, -0.2) is 0 Å². The lowest BCUT2D eigenvalue weighted by Gasteiger charge is -2.14. The van der Waals surface area contributed by atoms with Gasteiger partial charge in [0, 0.05) is 11.6 Å². The van der Waals surface area contributed by atoms with Crippen molar-refractivity contribution in [3.8, 4) is 5.75 Å². The number of methoxy groups -OCH3 is 2. The highest BCUT2D eigenvalue weighted by atomic mass is 16.5. The van der Waals surface area contributed by atoms with Gasteiger partial charge in [0.25, 0.3) is 0 Å². The summed E-state index contributed by atoms with van der Waals surface area (Å²) >= 11 is 0. The normalized spacial score (nSPS) is 9.59. The van der Waals surface area contributed by atoms with Crippen molar-refractivity contribution in [3.05, 3.63) is 36.4 Å². The van der Waals surface area contributed by atoms with Crippen LogP contribution in [-0.2, 0) is 4.74 Å². The number of benzene rings is 1. The van der Waals surface area contributed by atoms with Crippen molar-refractivity contribution in [2.45, 2.75) is 6.92 Å². The van der Waals surface area contributed by atoms with Gasteiger partial charge in [0.05, 0.1) is 25.5 Å². The third-order valence-electron chi connectivity index (χ3n) is 2.49. The van der Waals surface area contributed by atoms with Gasteiger partial charge in [-0.1, -0.05) is 13.2 Å². The minimum absolute atomic E-state index is 0.542. The molecule has 0 amide bonds. The highest BCUT2D eigenvalue weighted by molar-refractivity contribution is 5.79. The van der Waals surface area contributed by atoms with Crippen LogP contribution in [0.5, 0.6) is 5.75 Å². The average molecular weight is 231 g/mol. The molecule has 0 saturated heterocycles. The largest absolute Gasteiger partial charge is 0.497 e. The summed E-state index contributed by atoms with van der Waals surface area (Å²) in [5.74, 6) is 1.20. The smallest absolute Gasteiger partial charge is 0.131 e. The van der Waals surface area contributed by atoms with Crippen LogP contribution in [0.15, 0.2) is 30.3 Å². The van der Waals surface area contributed by atoms with Crippen LogP contribution in [0, 0.1) is 0 Å². The van der Waals surface area contributed by atoms with Gasteiger partial charge in [0.2, 0.25) is 0 Å². The van der Waals surface area contributed by atoms with Crippen molar-refractivity contribution in [1.29, 1.82) is 0 Å². The molecule has 0 aromatic heterocycles. The first-order chi connectivity index (χ1) is 8.04. The molecule has 0 saturated carbocycles. The first kappa shape index (κ1) is 13.0. The molecule has 17 heavy (non-hydrogen) atoms. The summed E-state index contributed by atoms with van der Waals surface area (Å²) < 4.78 is 10.4. The Morgan fingerprint density at radius 3 is 2.24 bits per heavy atom. The SMILES string of the molecule is C=Nc1cc(OC)c(C(=C)OC)cc1C(=C)C. The molecule has 0 bridgehead atoms. The lowest BCUT2D eigenvalue weighted by molar-refractivity contribution is 0.363. The molecule has 0 fully saturated rings. The molecule has 1 rings (SSSR count). The zero-order valence-electron chi connectivity index (χ0n) is 10.5. The zero-order chi connectivity index (χ0) is 13.0. The summed E-state index contributed by atoms with van der Waals surface area (Å²) in [7, 11) is 3.16. The van der Waals surface area contributed by atoms with Gasteiger partial charge in [0.1, 0.15) is 11.5 Å². The summed E-state index contributed by atoms with van der Waals surface area (Å²) in [5, 5.41) is 0. The molecular formula is C14H17NO2. The molecule has 0 N–H and O–H groups in total. The van der Waals surface area contributed by atoms with E-state index >= 15 is 0 Å². The van der Waals surface area contributed by atoms with Gasteiger partial charge in [0.15, 0.2) is 0 Å². The van der Waals surface area contributed by atoms with E-state index in [4.69, 9.17) is 9.47 Å². The number of aliphatic imine (C=N–C) groups is 1. The highest BCUT2D eigenvalue weighted by Gasteiger charge is 2.13. The Morgan fingerprint density at radius 1 is 1.18 bits per heavy atom. The van der Waals surface area contributed by atoms with Gasteiger partial charge in [-0.2, -0.15) is 0 Å². The van der Waals surface area contributed by atoms with Crippen molar-refractivity contribution in [3.63, 3.8) is 0 Å². The molecule has 0 heterocycles. The predicted molar refractivity (Wildman–Crippen MR) is 73.0 cm³/mol. The number of hydrogen-bond acceptors (Lipinski definition) is 3. The van der Waals surface area contributed by atoms with Crippen LogP contribution >= 0.6 is 0 Å². The Labute approximate surface area is 102 Å². The second-order valence-electron chi connectivity index (χ2n) is 3.64. The fraction of sp³-hybridized carbons (Fsp3) is 0.214. The molecule has 0 aliphatic rings. The molecule has 1 aromatic carbocycles. The Balaban J connectivity index is 3.49. The summed E-state index contributed by atoms with van der Waals surface area (Å²) in [6.07, 6.45) is 0. The topological polar surface area (TPSA) is 30.8 Å². The van der Waals surface area contributed by atoms with Crippen molar-refractivity contribution in [1.82, 2.24) is 0 Å². The minimum atomic E-state index is 0.542. The molecule has 0 aliphatic heterocycles. The molecule has 0 spiro atoms. The molecule has 90 valence electrons. The Bertz CT molecular complexity index is 475. The maximum Gasteiger partial charge on any atom is 0.131 e. The molecule has 3 nitrogen and oxygen atoms in total. The molecular weight excluding hydrogens is 214 g/mol. The predicted octanol–water partition coefficient (Wildman–Crippen LogP) is 3.68. The van der Waals surface area contributed by atoms with Crippen LogP contribution in [-0.4, -0.2) is 20.9 Å². The van der Waals surface area contributed by atoms with Gasteiger partial charge in [-0.3, -0.25) is 4.99 Å². The fourth-order valence-corrected chi connectivity index (χ4v) is 1.54. The average Bonchev–Trinajstić information content (AvgIpc) is 2.35. The third-order valence-corrected chi connectivity index (χ3v) is 2.49. The van der Waals surface area contributed by atoms with Crippen LogP contribution in [0.25, 0.3) is 11.3 Å². The highest BCUT2D eigenvalue weighted by Crippen LogP contribution is 2.35. The molecule has 0 unspecified atom stereocenters. The monoisotopic (exact) mass is 231 g/mol. The maximum absolute atomic E-state index is 5.29. The maximum atomic E-state index is 5.29. The number of allylic oxidation sites excluding steroid dienone is 1. The Hall–Kier alpha value is -2.03. The quantitative estimate of drug-likeness (QED) is 0.571. The second kappa shape index (κ2) is 5.34. The van der Waals surface area contributed by atoms with Crippen molar-refractivity contribution in [2.75, 3.05) is 14.2 Å². The number of hydrogen-bond donors (Lipinski definition) is 0. The van der Waals surface area contributed by atoms with Crippen molar-refractivity contribution in [2.24, 2.45) is 4.99 Å². The standard InChI is InChI=1S/C14H17NO2/c1-9(2)11-7-12(10(3)16-5)14(17-6)8-13(11)15-4/h7-8H,1,3-4H2,2,5-6H3. The van der Waals surface area contributed by atoms with Crippen LogP contribution in [0.2, 0.25) is 0 Å². The Morgan fingerprint density at radius 2 is 1.82 bits per heavy atom. The van der Waals surface area contributed by atoms with E-state index in [1.165, 1.54) is 0 Å². The van der Waals surface area contributed by atoms with E-state index in [-0.39, 0.29) is 0 Å². The fourth-order valence-electron chi connectivity index (χ4n) is 1.54. The van der Waals surface area contributed by atoms with Gasteiger partial charge >= 0.3 is 0 Å². The van der Waals surface area contributed by atoms with Gasteiger partial charge in [-0.05, 0) is 25.3 Å². The first-order valence-electron chi connectivity index (χ1n) is 5.13. The number of rotatable bonds is 5. The second-order valence-corrected chi connectivity index (χ2v) is 3.64. The van der Waals surface area contributed by atoms with E-state index in [0.29, 0.717) is 11.5 Å². The molecule has 0 atom stereocenters. The van der Waals surface area contributed by atoms with Crippen LogP contribution in [0.3, 0.4) is 0 Å².